The molecule has 0 amide bonds. The van der Waals surface area contributed by atoms with Crippen LogP contribution < -0.4 is 5.32 Å². The average molecular weight is 258 g/mol. The van der Waals surface area contributed by atoms with Crippen LogP contribution in [0.2, 0.25) is 0 Å². The van der Waals surface area contributed by atoms with Crippen LogP contribution in [0.15, 0.2) is 4.52 Å². The van der Waals surface area contributed by atoms with E-state index in [1.165, 1.54) is 0 Å². The van der Waals surface area contributed by atoms with Gasteiger partial charge < -0.3 is 9.84 Å². The van der Waals surface area contributed by atoms with Gasteiger partial charge in [0.2, 0.25) is 0 Å². The lowest BCUT2D eigenvalue weighted by Gasteiger charge is -2.23. The zero-order valence-corrected chi connectivity index (χ0v) is 11.2. The van der Waals surface area contributed by atoms with Gasteiger partial charge in [0.15, 0.2) is 9.84 Å². The molecule has 1 aliphatic heterocycles. The lowest BCUT2D eigenvalue weighted by atomic mass is 10.0. The van der Waals surface area contributed by atoms with E-state index in [2.05, 4.69) is 10.5 Å². The van der Waals surface area contributed by atoms with Gasteiger partial charge in [-0.1, -0.05) is 5.16 Å². The summed E-state index contributed by atoms with van der Waals surface area (Å²) >= 11 is 0. The Hall–Kier alpha value is -0.880. The van der Waals surface area contributed by atoms with E-state index in [0.29, 0.717) is 13.0 Å². The summed E-state index contributed by atoms with van der Waals surface area (Å²) in [6.45, 7) is 6.31. The van der Waals surface area contributed by atoms with E-state index in [9.17, 15) is 8.42 Å². The highest BCUT2D eigenvalue weighted by Crippen LogP contribution is 2.24. The first-order chi connectivity index (χ1) is 7.81. The second-order valence-corrected chi connectivity index (χ2v) is 7.24. The Labute approximate surface area is 101 Å². The van der Waals surface area contributed by atoms with Gasteiger partial charge in [0.25, 0.3) is 0 Å². The number of hydrogen-bond acceptors (Lipinski definition) is 5. The molecule has 1 aliphatic rings. The molecule has 0 aromatic carbocycles. The maximum absolute atomic E-state index is 11.5. The van der Waals surface area contributed by atoms with Gasteiger partial charge in [0.05, 0.1) is 17.2 Å². The first kappa shape index (κ1) is 12.6. The predicted molar refractivity (Wildman–Crippen MR) is 64.5 cm³/mol. The van der Waals surface area contributed by atoms with E-state index in [1.807, 2.05) is 20.8 Å². The number of hydrogen-bond donors (Lipinski definition) is 1. The Morgan fingerprint density at radius 1 is 1.47 bits per heavy atom. The van der Waals surface area contributed by atoms with Gasteiger partial charge in [-0.3, -0.25) is 0 Å². The van der Waals surface area contributed by atoms with Gasteiger partial charge in [0, 0.05) is 17.6 Å². The van der Waals surface area contributed by atoms with Crippen molar-refractivity contribution < 1.29 is 12.9 Å². The summed E-state index contributed by atoms with van der Waals surface area (Å²) in [7, 11) is -2.87. The topological polar surface area (TPSA) is 72.2 Å². The van der Waals surface area contributed by atoms with Crippen molar-refractivity contribution in [1.29, 1.82) is 0 Å². The zero-order chi connectivity index (χ0) is 12.7. The van der Waals surface area contributed by atoms with E-state index in [-0.39, 0.29) is 17.0 Å². The lowest BCUT2D eigenvalue weighted by Crippen LogP contribution is -2.43. The normalized spacial score (nSPS) is 27.5. The quantitative estimate of drug-likeness (QED) is 0.874. The molecular weight excluding hydrogens is 240 g/mol. The molecule has 1 fully saturated rings. The molecule has 96 valence electrons. The average Bonchev–Trinajstić information content (AvgIpc) is 2.67. The molecule has 1 unspecified atom stereocenters. The van der Waals surface area contributed by atoms with Crippen molar-refractivity contribution in [3.63, 3.8) is 0 Å². The molecule has 2 heterocycles. The van der Waals surface area contributed by atoms with E-state index in [1.54, 1.807) is 0 Å². The highest BCUT2D eigenvalue weighted by molar-refractivity contribution is 7.91. The first-order valence-corrected chi connectivity index (χ1v) is 7.51. The molecule has 1 N–H and O–H groups in total. The Morgan fingerprint density at radius 2 is 2.18 bits per heavy atom. The fraction of sp³-hybridized carbons (Fsp3) is 0.727. The SMILES string of the molecule is Cc1noc(C)c1CNC1(C)CCS(=O)(=O)C1. The third kappa shape index (κ3) is 2.69. The number of rotatable bonds is 3. The molecule has 1 atom stereocenters. The Balaban J connectivity index is 2.04. The van der Waals surface area contributed by atoms with Crippen LogP contribution in [0.3, 0.4) is 0 Å². The molecule has 0 bridgehead atoms. The van der Waals surface area contributed by atoms with Crippen LogP contribution in [0.4, 0.5) is 0 Å². The van der Waals surface area contributed by atoms with Gasteiger partial charge in [-0.2, -0.15) is 0 Å². The van der Waals surface area contributed by atoms with Crippen molar-refractivity contribution in [2.75, 3.05) is 11.5 Å². The van der Waals surface area contributed by atoms with Gasteiger partial charge in [-0.15, -0.1) is 0 Å². The smallest absolute Gasteiger partial charge is 0.152 e. The van der Waals surface area contributed by atoms with Crippen molar-refractivity contribution in [1.82, 2.24) is 10.5 Å². The second-order valence-electron chi connectivity index (χ2n) is 5.06. The summed E-state index contributed by atoms with van der Waals surface area (Å²) in [6.07, 6.45) is 0.665. The molecule has 6 heteroatoms. The van der Waals surface area contributed by atoms with Crippen LogP contribution in [0.25, 0.3) is 0 Å². The Morgan fingerprint density at radius 3 is 2.65 bits per heavy atom. The van der Waals surface area contributed by atoms with Crippen molar-refractivity contribution in [3.8, 4) is 0 Å². The van der Waals surface area contributed by atoms with E-state index >= 15 is 0 Å². The minimum Gasteiger partial charge on any atom is -0.361 e. The van der Waals surface area contributed by atoms with Crippen LogP contribution in [0, 0.1) is 13.8 Å². The molecule has 17 heavy (non-hydrogen) atoms. The Bertz CT molecular complexity index is 501. The molecule has 0 spiro atoms. The largest absolute Gasteiger partial charge is 0.361 e. The molecular formula is C11H18N2O3S. The minimum atomic E-state index is -2.87. The highest BCUT2D eigenvalue weighted by atomic mass is 32.2. The lowest BCUT2D eigenvalue weighted by molar-refractivity contribution is 0.382. The van der Waals surface area contributed by atoms with Crippen molar-refractivity contribution in [2.24, 2.45) is 0 Å². The summed E-state index contributed by atoms with van der Waals surface area (Å²) < 4.78 is 28.0. The van der Waals surface area contributed by atoms with E-state index < -0.39 is 9.84 Å². The number of aromatic nitrogens is 1. The summed E-state index contributed by atoms with van der Waals surface area (Å²) in [5, 5.41) is 7.20. The minimum absolute atomic E-state index is 0.212. The van der Waals surface area contributed by atoms with Crippen LogP contribution in [0.5, 0.6) is 0 Å². The molecule has 0 aliphatic carbocycles. The van der Waals surface area contributed by atoms with Gasteiger partial charge in [-0.25, -0.2) is 8.42 Å². The fourth-order valence-corrected chi connectivity index (χ4v) is 4.33. The van der Waals surface area contributed by atoms with E-state index in [0.717, 1.165) is 17.0 Å². The molecule has 2 rings (SSSR count). The number of aryl methyl sites for hydroxylation is 2. The molecule has 0 saturated carbocycles. The number of nitrogens with one attached hydrogen (secondary N) is 1. The third-order valence-electron chi connectivity index (χ3n) is 3.38. The summed E-state index contributed by atoms with van der Waals surface area (Å²) in [5.74, 6) is 1.28. The molecule has 1 aromatic rings. The molecule has 1 aromatic heterocycles. The number of sulfone groups is 1. The predicted octanol–water partition coefficient (Wildman–Crippen LogP) is 0.958. The molecule has 0 radical (unpaired) electrons. The molecule has 1 saturated heterocycles. The van der Waals surface area contributed by atoms with Crippen molar-refractivity contribution >= 4 is 9.84 Å². The van der Waals surface area contributed by atoms with Crippen molar-refractivity contribution in [3.05, 3.63) is 17.0 Å². The van der Waals surface area contributed by atoms with Crippen LogP contribution in [-0.2, 0) is 16.4 Å². The van der Waals surface area contributed by atoms with Crippen LogP contribution in [-0.4, -0.2) is 30.6 Å². The van der Waals surface area contributed by atoms with Gasteiger partial charge in [0.1, 0.15) is 5.76 Å². The Kier molecular flexibility index (Phi) is 3.03. The van der Waals surface area contributed by atoms with E-state index in [4.69, 9.17) is 4.52 Å². The monoisotopic (exact) mass is 258 g/mol. The summed E-state index contributed by atoms with van der Waals surface area (Å²) in [6, 6.07) is 0. The van der Waals surface area contributed by atoms with Gasteiger partial charge >= 0.3 is 0 Å². The standard InChI is InChI=1S/C11H18N2O3S/c1-8-10(9(2)16-13-8)6-12-11(3)4-5-17(14,15)7-11/h12H,4-7H2,1-3H3. The number of nitrogens with zero attached hydrogens (tertiary/aromatic N) is 1. The molecule has 5 nitrogen and oxygen atoms in total. The van der Waals surface area contributed by atoms with Gasteiger partial charge in [-0.05, 0) is 27.2 Å². The highest BCUT2D eigenvalue weighted by Gasteiger charge is 2.38. The second kappa shape index (κ2) is 4.10. The summed E-state index contributed by atoms with van der Waals surface area (Å²) in [4.78, 5) is 0. The van der Waals surface area contributed by atoms with Crippen molar-refractivity contribution in [2.45, 2.75) is 39.3 Å². The zero-order valence-electron chi connectivity index (χ0n) is 10.4. The first-order valence-electron chi connectivity index (χ1n) is 5.69. The summed E-state index contributed by atoms with van der Waals surface area (Å²) in [5.41, 5.74) is 1.56. The fourth-order valence-electron chi connectivity index (χ4n) is 2.21. The maximum atomic E-state index is 11.5. The third-order valence-corrected chi connectivity index (χ3v) is 5.28. The van der Waals surface area contributed by atoms with Crippen LogP contribution in [0.1, 0.15) is 30.4 Å². The van der Waals surface area contributed by atoms with Crippen LogP contribution >= 0.6 is 0 Å². The maximum Gasteiger partial charge on any atom is 0.152 e.